The summed E-state index contributed by atoms with van der Waals surface area (Å²) >= 11 is 0. The minimum atomic E-state index is 0.0762. The molecule has 1 saturated heterocycles. The van der Waals surface area contributed by atoms with Crippen molar-refractivity contribution in [2.24, 2.45) is 5.92 Å². The van der Waals surface area contributed by atoms with Crippen LogP contribution < -0.4 is 10.2 Å². The van der Waals surface area contributed by atoms with E-state index in [2.05, 4.69) is 64.6 Å². The van der Waals surface area contributed by atoms with Crippen LogP contribution in [-0.2, 0) is 17.8 Å². The van der Waals surface area contributed by atoms with Gasteiger partial charge in [-0.05, 0) is 53.1 Å². The maximum absolute atomic E-state index is 12.3. The Morgan fingerprint density at radius 2 is 1.79 bits per heavy atom. The Morgan fingerprint density at radius 1 is 1.03 bits per heavy atom. The van der Waals surface area contributed by atoms with Crippen molar-refractivity contribution in [3.63, 3.8) is 0 Å². The van der Waals surface area contributed by atoms with E-state index >= 15 is 0 Å². The zero-order chi connectivity index (χ0) is 20.1. The van der Waals surface area contributed by atoms with Gasteiger partial charge in [0.05, 0.1) is 0 Å². The number of nitrogens with zero attached hydrogens (tertiary/aromatic N) is 2. The molecule has 1 N–H and O–H groups in total. The zero-order valence-corrected chi connectivity index (χ0v) is 17.1. The number of aromatic nitrogens is 1. The minimum absolute atomic E-state index is 0.0762. The Bertz CT molecular complexity index is 959. The van der Waals surface area contributed by atoms with Gasteiger partial charge in [-0.15, -0.1) is 0 Å². The molecule has 1 amide bonds. The summed E-state index contributed by atoms with van der Waals surface area (Å²) in [6, 6.07) is 18.9. The van der Waals surface area contributed by atoms with Gasteiger partial charge in [0, 0.05) is 32.3 Å². The highest BCUT2D eigenvalue weighted by atomic mass is 16.1. The van der Waals surface area contributed by atoms with Crippen LogP contribution in [0.3, 0.4) is 0 Å². The lowest BCUT2D eigenvalue weighted by Gasteiger charge is -2.31. The van der Waals surface area contributed by atoms with Gasteiger partial charge in [0.1, 0.15) is 5.82 Å². The number of benzene rings is 2. The maximum atomic E-state index is 12.3. The highest BCUT2D eigenvalue weighted by Crippen LogP contribution is 2.21. The number of carbonyl (C=O) groups is 1. The topological polar surface area (TPSA) is 45.2 Å². The van der Waals surface area contributed by atoms with Gasteiger partial charge in [0.25, 0.3) is 0 Å². The van der Waals surface area contributed by atoms with Crippen LogP contribution in [0.15, 0.2) is 60.8 Å². The smallest absolute Gasteiger partial charge is 0.220 e. The molecule has 0 aliphatic carbocycles. The highest BCUT2D eigenvalue weighted by Gasteiger charge is 2.16. The van der Waals surface area contributed by atoms with E-state index in [1.54, 1.807) is 0 Å². The summed E-state index contributed by atoms with van der Waals surface area (Å²) in [5.41, 5.74) is 2.24. The number of amides is 1. The molecule has 1 fully saturated rings. The van der Waals surface area contributed by atoms with E-state index in [1.807, 2.05) is 18.3 Å². The summed E-state index contributed by atoms with van der Waals surface area (Å²) < 4.78 is 0. The third-order valence-electron chi connectivity index (χ3n) is 5.86. The van der Waals surface area contributed by atoms with Gasteiger partial charge in [0.15, 0.2) is 0 Å². The lowest BCUT2D eigenvalue weighted by Crippen LogP contribution is -2.33. The molecule has 4 rings (SSSR count). The molecule has 0 bridgehead atoms. The molecule has 0 radical (unpaired) electrons. The van der Waals surface area contributed by atoms with Gasteiger partial charge in [-0.3, -0.25) is 4.79 Å². The molecule has 0 saturated carbocycles. The average Bonchev–Trinajstić information content (AvgIpc) is 2.77. The number of carbonyl (C=O) groups excluding carboxylic acids is 1. The second-order valence-corrected chi connectivity index (χ2v) is 8.15. The van der Waals surface area contributed by atoms with Crippen molar-refractivity contribution in [3.05, 3.63) is 71.9 Å². The fraction of sp³-hybridized carbons (Fsp3) is 0.360. The van der Waals surface area contributed by atoms with Crippen LogP contribution in [0, 0.1) is 5.92 Å². The monoisotopic (exact) mass is 387 g/mol. The molecule has 1 aliphatic rings. The van der Waals surface area contributed by atoms with Crippen LogP contribution in [0.2, 0.25) is 0 Å². The average molecular weight is 388 g/mol. The van der Waals surface area contributed by atoms with Gasteiger partial charge in [-0.25, -0.2) is 4.98 Å². The van der Waals surface area contributed by atoms with Gasteiger partial charge in [-0.2, -0.15) is 0 Å². The maximum Gasteiger partial charge on any atom is 0.220 e. The summed E-state index contributed by atoms with van der Waals surface area (Å²) in [6.07, 6.45) is 5.60. The minimum Gasteiger partial charge on any atom is -0.357 e. The standard InChI is InChI=1S/C25H29N3O/c1-19-12-14-28(15-13-19)24-10-7-21(17-26-24)18-27-25(29)11-8-20-6-9-22-4-2-3-5-23(22)16-20/h2-7,9-10,16-17,19H,8,11-15,18H2,1H3,(H,27,29). The molecule has 1 aromatic heterocycles. The van der Waals surface area contributed by atoms with Crippen LogP contribution in [0.1, 0.15) is 37.3 Å². The molecular formula is C25H29N3O. The first-order valence-electron chi connectivity index (χ1n) is 10.6. The summed E-state index contributed by atoms with van der Waals surface area (Å²) in [6.45, 7) is 5.01. The molecular weight excluding hydrogens is 358 g/mol. The molecule has 0 unspecified atom stereocenters. The Hall–Kier alpha value is -2.88. The van der Waals surface area contributed by atoms with E-state index in [-0.39, 0.29) is 5.91 Å². The fourth-order valence-electron chi connectivity index (χ4n) is 3.89. The first-order chi connectivity index (χ1) is 14.2. The van der Waals surface area contributed by atoms with E-state index in [9.17, 15) is 4.79 Å². The second-order valence-electron chi connectivity index (χ2n) is 8.15. The Labute approximate surface area is 173 Å². The number of piperidine rings is 1. The molecule has 4 heteroatoms. The lowest BCUT2D eigenvalue weighted by molar-refractivity contribution is -0.121. The van der Waals surface area contributed by atoms with Crippen LogP contribution >= 0.6 is 0 Å². The van der Waals surface area contributed by atoms with Gasteiger partial charge in [-0.1, -0.05) is 55.5 Å². The van der Waals surface area contributed by atoms with Crippen molar-refractivity contribution in [1.82, 2.24) is 10.3 Å². The van der Waals surface area contributed by atoms with Crippen LogP contribution in [0.4, 0.5) is 5.82 Å². The van der Waals surface area contributed by atoms with Crippen molar-refractivity contribution < 1.29 is 4.79 Å². The van der Waals surface area contributed by atoms with Gasteiger partial charge < -0.3 is 10.2 Å². The van der Waals surface area contributed by atoms with Crippen LogP contribution in [-0.4, -0.2) is 24.0 Å². The Morgan fingerprint density at radius 3 is 2.55 bits per heavy atom. The molecule has 29 heavy (non-hydrogen) atoms. The SMILES string of the molecule is CC1CCN(c2ccc(CNC(=O)CCc3ccc4ccccc4c3)cn2)CC1. The third kappa shape index (κ3) is 5.14. The van der Waals surface area contributed by atoms with E-state index in [1.165, 1.54) is 29.2 Å². The van der Waals surface area contributed by atoms with E-state index < -0.39 is 0 Å². The van der Waals surface area contributed by atoms with Crippen molar-refractivity contribution in [2.75, 3.05) is 18.0 Å². The first-order valence-corrected chi connectivity index (χ1v) is 10.6. The number of nitrogens with one attached hydrogen (secondary N) is 1. The van der Waals surface area contributed by atoms with Crippen molar-refractivity contribution >= 4 is 22.5 Å². The van der Waals surface area contributed by atoms with Gasteiger partial charge in [0.2, 0.25) is 5.91 Å². The molecule has 2 heterocycles. The second kappa shape index (κ2) is 9.08. The number of rotatable bonds is 6. The first kappa shape index (κ1) is 19.4. The summed E-state index contributed by atoms with van der Waals surface area (Å²) in [5, 5.41) is 5.47. The molecule has 4 nitrogen and oxygen atoms in total. The molecule has 3 aromatic rings. The van der Waals surface area contributed by atoms with Crippen molar-refractivity contribution in [2.45, 2.75) is 39.2 Å². The largest absolute Gasteiger partial charge is 0.357 e. The Balaban J connectivity index is 1.24. The highest BCUT2D eigenvalue weighted by molar-refractivity contribution is 5.83. The third-order valence-corrected chi connectivity index (χ3v) is 5.86. The quantitative estimate of drug-likeness (QED) is 0.666. The molecule has 0 spiro atoms. The molecule has 2 aromatic carbocycles. The summed E-state index contributed by atoms with van der Waals surface area (Å²) in [7, 11) is 0. The molecule has 150 valence electrons. The number of anilines is 1. The van der Waals surface area contributed by atoms with Gasteiger partial charge >= 0.3 is 0 Å². The predicted octanol–water partition coefficient (Wildman–Crippen LogP) is 4.72. The summed E-state index contributed by atoms with van der Waals surface area (Å²) in [4.78, 5) is 19.2. The van der Waals surface area contributed by atoms with E-state index in [0.717, 1.165) is 36.8 Å². The predicted molar refractivity (Wildman–Crippen MR) is 119 cm³/mol. The summed E-state index contributed by atoms with van der Waals surface area (Å²) in [5.74, 6) is 1.94. The van der Waals surface area contributed by atoms with Crippen LogP contribution in [0.25, 0.3) is 10.8 Å². The van der Waals surface area contributed by atoms with E-state index in [0.29, 0.717) is 13.0 Å². The number of pyridine rings is 1. The number of aryl methyl sites for hydroxylation is 1. The number of hydrogen-bond acceptors (Lipinski definition) is 3. The Kier molecular flexibility index (Phi) is 6.09. The normalized spacial score (nSPS) is 14.9. The van der Waals surface area contributed by atoms with E-state index in [4.69, 9.17) is 0 Å². The van der Waals surface area contributed by atoms with Crippen molar-refractivity contribution in [1.29, 1.82) is 0 Å². The zero-order valence-electron chi connectivity index (χ0n) is 17.1. The molecule has 0 atom stereocenters. The molecule has 1 aliphatic heterocycles. The number of fused-ring (bicyclic) bond motifs is 1. The fourth-order valence-corrected chi connectivity index (χ4v) is 3.89. The van der Waals surface area contributed by atoms with Crippen molar-refractivity contribution in [3.8, 4) is 0 Å². The lowest BCUT2D eigenvalue weighted by atomic mass is 9.99. The van der Waals surface area contributed by atoms with Crippen LogP contribution in [0.5, 0.6) is 0 Å². The number of hydrogen-bond donors (Lipinski definition) is 1.